The van der Waals surface area contributed by atoms with Crippen molar-refractivity contribution in [1.29, 1.82) is 0 Å². The van der Waals surface area contributed by atoms with E-state index < -0.39 is 4.92 Å². The molecular weight excluding hydrogens is 198 g/mol. The molecule has 0 spiro atoms. The van der Waals surface area contributed by atoms with E-state index >= 15 is 0 Å². The lowest BCUT2D eigenvalue weighted by Gasteiger charge is -2.10. The average Bonchev–Trinajstić information content (AvgIpc) is 2.58. The number of nitrogens with zero attached hydrogens (tertiary/aromatic N) is 1. The van der Waals surface area contributed by atoms with Crippen LogP contribution in [0.4, 0.5) is 0 Å². The SMILES string of the molecule is O=[N+]([O-])/C=C/c1csc2c1CCCC2. The van der Waals surface area contributed by atoms with Gasteiger partial charge >= 0.3 is 0 Å². The zero-order valence-corrected chi connectivity index (χ0v) is 8.55. The van der Waals surface area contributed by atoms with Crippen molar-refractivity contribution in [3.63, 3.8) is 0 Å². The maximum absolute atomic E-state index is 10.2. The van der Waals surface area contributed by atoms with Gasteiger partial charge in [0.25, 0.3) is 0 Å². The van der Waals surface area contributed by atoms with Gasteiger partial charge in [-0.05, 0) is 42.2 Å². The zero-order chi connectivity index (χ0) is 9.97. The fourth-order valence-electron chi connectivity index (χ4n) is 1.80. The van der Waals surface area contributed by atoms with Crippen molar-refractivity contribution < 1.29 is 4.92 Å². The minimum Gasteiger partial charge on any atom is -0.259 e. The van der Waals surface area contributed by atoms with Crippen molar-refractivity contribution >= 4 is 17.4 Å². The van der Waals surface area contributed by atoms with E-state index in [1.54, 1.807) is 17.4 Å². The van der Waals surface area contributed by atoms with Gasteiger partial charge in [-0.2, -0.15) is 0 Å². The van der Waals surface area contributed by atoms with Gasteiger partial charge in [-0.1, -0.05) is 0 Å². The summed E-state index contributed by atoms with van der Waals surface area (Å²) in [5, 5.41) is 12.2. The molecule has 2 rings (SSSR count). The molecule has 14 heavy (non-hydrogen) atoms. The second kappa shape index (κ2) is 3.92. The van der Waals surface area contributed by atoms with Crippen molar-refractivity contribution in [2.45, 2.75) is 25.7 Å². The van der Waals surface area contributed by atoms with E-state index in [0.29, 0.717) is 0 Å². The maximum atomic E-state index is 10.2. The molecule has 0 amide bonds. The number of hydrogen-bond acceptors (Lipinski definition) is 3. The molecule has 0 bridgehead atoms. The molecule has 0 radical (unpaired) electrons. The second-order valence-corrected chi connectivity index (χ2v) is 4.37. The van der Waals surface area contributed by atoms with Gasteiger partial charge in [0.2, 0.25) is 6.20 Å². The Bertz CT molecular complexity index is 381. The number of nitro groups is 1. The minimum absolute atomic E-state index is 0.410. The molecule has 1 aromatic rings. The average molecular weight is 209 g/mol. The summed E-state index contributed by atoms with van der Waals surface area (Å²) < 4.78 is 0. The van der Waals surface area contributed by atoms with E-state index in [4.69, 9.17) is 0 Å². The van der Waals surface area contributed by atoms with Gasteiger partial charge in [0.05, 0.1) is 4.92 Å². The second-order valence-electron chi connectivity index (χ2n) is 3.40. The molecule has 1 heterocycles. The Hall–Kier alpha value is -1.16. The lowest BCUT2D eigenvalue weighted by molar-refractivity contribution is -0.400. The first-order chi connectivity index (χ1) is 6.77. The van der Waals surface area contributed by atoms with Crippen LogP contribution < -0.4 is 0 Å². The van der Waals surface area contributed by atoms with Crippen molar-refractivity contribution in [2.24, 2.45) is 0 Å². The Morgan fingerprint density at radius 3 is 3.00 bits per heavy atom. The topological polar surface area (TPSA) is 43.1 Å². The first kappa shape index (κ1) is 9.40. The monoisotopic (exact) mass is 209 g/mol. The van der Waals surface area contributed by atoms with Crippen LogP contribution in [0.25, 0.3) is 6.08 Å². The Morgan fingerprint density at radius 1 is 1.43 bits per heavy atom. The molecule has 4 heteroatoms. The molecular formula is C10H11NO2S. The maximum Gasteiger partial charge on any atom is 0.235 e. The molecule has 0 aliphatic heterocycles. The number of hydrogen-bond donors (Lipinski definition) is 0. The van der Waals surface area contributed by atoms with Crippen LogP contribution in [0.1, 0.15) is 28.8 Å². The minimum atomic E-state index is -0.410. The molecule has 0 unspecified atom stereocenters. The highest BCUT2D eigenvalue weighted by molar-refractivity contribution is 7.10. The molecule has 0 saturated heterocycles. The first-order valence-corrected chi connectivity index (χ1v) is 5.56. The summed E-state index contributed by atoms with van der Waals surface area (Å²) in [5.74, 6) is 0. The zero-order valence-electron chi connectivity index (χ0n) is 7.73. The van der Waals surface area contributed by atoms with Gasteiger partial charge in [-0.15, -0.1) is 11.3 Å². The molecule has 0 saturated carbocycles. The van der Waals surface area contributed by atoms with Gasteiger partial charge in [0.15, 0.2) is 0 Å². The summed E-state index contributed by atoms with van der Waals surface area (Å²) in [5.41, 5.74) is 2.38. The molecule has 0 atom stereocenters. The highest BCUT2D eigenvalue weighted by Gasteiger charge is 2.14. The summed E-state index contributed by atoms with van der Waals surface area (Å²) in [6, 6.07) is 0. The largest absolute Gasteiger partial charge is 0.259 e. The van der Waals surface area contributed by atoms with Crippen LogP contribution in [0.3, 0.4) is 0 Å². The lowest BCUT2D eigenvalue weighted by atomic mass is 9.96. The third kappa shape index (κ3) is 1.85. The van der Waals surface area contributed by atoms with E-state index in [2.05, 4.69) is 0 Å². The highest BCUT2D eigenvalue weighted by atomic mass is 32.1. The first-order valence-electron chi connectivity index (χ1n) is 4.68. The highest BCUT2D eigenvalue weighted by Crippen LogP contribution is 2.30. The van der Waals surface area contributed by atoms with Crippen molar-refractivity contribution in [3.05, 3.63) is 37.7 Å². The van der Waals surface area contributed by atoms with Crippen molar-refractivity contribution in [3.8, 4) is 0 Å². The van der Waals surface area contributed by atoms with E-state index in [1.165, 1.54) is 23.3 Å². The molecule has 0 aromatic carbocycles. The van der Waals surface area contributed by atoms with Gasteiger partial charge in [-0.3, -0.25) is 10.1 Å². The fraction of sp³-hybridized carbons (Fsp3) is 0.400. The van der Waals surface area contributed by atoms with Crippen molar-refractivity contribution in [1.82, 2.24) is 0 Å². The van der Waals surface area contributed by atoms with Gasteiger partial charge < -0.3 is 0 Å². The Morgan fingerprint density at radius 2 is 2.21 bits per heavy atom. The molecule has 1 aliphatic rings. The molecule has 0 fully saturated rings. The van der Waals surface area contributed by atoms with E-state index in [-0.39, 0.29) is 0 Å². The predicted molar refractivity (Wildman–Crippen MR) is 57.0 cm³/mol. The molecule has 1 aromatic heterocycles. The van der Waals surface area contributed by atoms with Crippen LogP contribution in [0.2, 0.25) is 0 Å². The van der Waals surface area contributed by atoms with Crippen LogP contribution in [0.15, 0.2) is 11.6 Å². The van der Waals surface area contributed by atoms with Gasteiger partial charge in [0, 0.05) is 11.0 Å². The van der Waals surface area contributed by atoms with E-state index in [0.717, 1.165) is 24.6 Å². The van der Waals surface area contributed by atoms with E-state index in [1.807, 2.05) is 5.38 Å². The Balaban J connectivity index is 2.26. The van der Waals surface area contributed by atoms with Crippen molar-refractivity contribution in [2.75, 3.05) is 0 Å². The normalized spacial score (nSPS) is 15.7. The quantitative estimate of drug-likeness (QED) is 0.555. The summed E-state index contributed by atoms with van der Waals surface area (Å²) in [6.45, 7) is 0. The Kier molecular flexibility index (Phi) is 2.63. The number of thiophene rings is 1. The number of rotatable bonds is 2. The summed E-state index contributed by atoms with van der Waals surface area (Å²) in [4.78, 5) is 11.2. The Labute approximate surface area is 86.2 Å². The number of fused-ring (bicyclic) bond motifs is 1. The summed E-state index contributed by atoms with van der Waals surface area (Å²) >= 11 is 1.73. The fourth-order valence-corrected chi connectivity index (χ4v) is 2.91. The van der Waals surface area contributed by atoms with E-state index in [9.17, 15) is 10.1 Å². The molecule has 0 N–H and O–H groups in total. The summed E-state index contributed by atoms with van der Waals surface area (Å²) in [6.07, 6.45) is 7.33. The smallest absolute Gasteiger partial charge is 0.235 e. The molecule has 3 nitrogen and oxygen atoms in total. The molecule has 74 valence electrons. The third-order valence-corrected chi connectivity index (χ3v) is 3.58. The van der Waals surface area contributed by atoms with Crippen LogP contribution in [-0.4, -0.2) is 4.92 Å². The van der Waals surface area contributed by atoms with Gasteiger partial charge in [-0.25, -0.2) is 0 Å². The van der Waals surface area contributed by atoms with Crippen LogP contribution in [-0.2, 0) is 12.8 Å². The van der Waals surface area contributed by atoms with Crippen LogP contribution in [0, 0.1) is 10.1 Å². The summed E-state index contributed by atoms with van der Waals surface area (Å²) in [7, 11) is 0. The standard InChI is InChI=1S/C10H11NO2S/c12-11(13)6-5-8-7-14-10-4-2-1-3-9(8)10/h5-7H,1-4H2/b6-5+. The third-order valence-electron chi connectivity index (χ3n) is 2.47. The lowest BCUT2D eigenvalue weighted by Crippen LogP contribution is -1.99. The van der Waals surface area contributed by atoms with Crippen LogP contribution >= 0.6 is 11.3 Å². The predicted octanol–water partition coefficient (Wildman–Crippen LogP) is 2.87. The molecule has 1 aliphatic carbocycles. The van der Waals surface area contributed by atoms with Crippen LogP contribution in [0.5, 0.6) is 0 Å². The number of aryl methyl sites for hydroxylation is 1. The van der Waals surface area contributed by atoms with Gasteiger partial charge in [0.1, 0.15) is 0 Å².